The van der Waals surface area contributed by atoms with Gasteiger partial charge in [-0.1, -0.05) is 39.0 Å². The van der Waals surface area contributed by atoms with Gasteiger partial charge in [0, 0.05) is 12.7 Å². The van der Waals surface area contributed by atoms with E-state index in [0.29, 0.717) is 17.9 Å². The summed E-state index contributed by atoms with van der Waals surface area (Å²) in [4.78, 5) is 24.6. The lowest BCUT2D eigenvalue weighted by molar-refractivity contribution is 0.0696. The lowest BCUT2D eigenvalue weighted by atomic mass is 10.1. The smallest absolute Gasteiger partial charge is 0.335 e. The Kier molecular flexibility index (Phi) is 10.4. The summed E-state index contributed by atoms with van der Waals surface area (Å²) in [6, 6.07) is 10.3. The molecule has 0 aliphatic heterocycles. The van der Waals surface area contributed by atoms with Gasteiger partial charge in [-0.25, -0.2) is 18.0 Å². The first-order chi connectivity index (χ1) is 16.1. The molecule has 9 heteroatoms. The summed E-state index contributed by atoms with van der Waals surface area (Å²) >= 11 is 0. The largest absolute Gasteiger partial charge is 0.492 e. The number of hydrogen-bond acceptors (Lipinski definition) is 6. The summed E-state index contributed by atoms with van der Waals surface area (Å²) in [6.45, 7) is 2.75. The van der Waals surface area contributed by atoms with Crippen LogP contribution < -0.4 is 9.64 Å². The molecular weight excluding hydrogens is 458 g/mol. The number of carboxylic acids is 2. The number of hydrogen-bond donors (Lipinski definition) is 2. The average Bonchev–Trinajstić information content (AvgIpc) is 2.81. The van der Waals surface area contributed by atoms with Crippen LogP contribution in [0.15, 0.2) is 47.4 Å². The van der Waals surface area contributed by atoms with Gasteiger partial charge in [-0.15, -0.1) is 0 Å². The molecule has 2 rings (SSSR count). The Hall–Kier alpha value is -3.07. The van der Waals surface area contributed by atoms with Gasteiger partial charge in [0.15, 0.2) is 9.84 Å². The maximum Gasteiger partial charge on any atom is 0.335 e. The fourth-order valence-electron chi connectivity index (χ4n) is 3.46. The van der Waals surface area contributed by atoms with Gasteiger partial charge in [-0.3, -0.25) is 0 Å². The van der Waals surface area contributed by atoms with E-state index in [1.807, 2.05) is 11.9 Å². The normalized spacial score (nSPS) is 11.2. The Morgan fingerprint density at radius 1 is 0.882 bits per heavy atom. The Morgan fingerprint density at radius 2 is 1.44 bits per heavy atom. The second-order valence-electron chi connectivity index (χ2n) is 8.21. The average molecular weight is 492 g/mol. The monoisotopic (exact) mass is 491 g/mol. The van der Waals surface area contributed by atoms with E-state index in [1.165, 1.54) is 18.6 Å². The van der Waals surface area contributed by atoms with E-state index in [1.54, 1.807) is 24.3 Å². The van der Waals surface area contributed by atoms with Crippen LogP contribution in [0.3, 0.4) is 0 Å². The zero-order chi connectivity index (χ0) is 25.1. The van der Waals surface area contributed by atoms with E-state index < -0.39 is 21.8 Å². The van der Waals surface area contributed by atoms with Gasteiger partial charge in [0.2, 0.25) is 0 Å². The zero-order valence-corrected chi connectivity index (χ0v) is 20.5. The molecule has 34 heavy (non-hydrogen) atoms. The number of unbranched alkanes of at least 4 members (excludes halogenated alkanes) is 5. The van der Waals surface area contributed by atoms with Crippen molar-refractivity contribution >= 4 is 27.5 Å². The second kappa shape index (κ2) is 13.0. The fourth-order valence-corrected chi connectivity index (χ4v) is 4.83. The number of ether oxygens (including phenoxy) is 1. The first-order valence-electron chi connectivity index (χ1n) is 11.4. The standard InChI is InChI=1S/C25H33NO7S/c1-3-4-5-6-7-8-15-34(31,32)23-11-9-21(10-12-23)26(2)13-14-33-22-17-19(24(27)28)16-20(18-22)25(29)30/h9-12,16-18H,3-8,13-15H2,1-2H3,(H,27,28)(H,29,30). The van der Waals surface area contributed by atoms with Crippen molar-refractivity contribution in [1.29, 1.82) is 0 Å². The number of rotatable bonds is 15. The minimum atomic E-state index is -3.31. The van der Waals surface area contributed by atoms with Crippen LogP contribution in [0.25, 0.3) is 0 Å². The number of benzene rings is 2. The minimum Gasteiger partial charge on any atom is -0.492 e. The highest BCUT2D eigenvalue weighted by molar-refractivity contribution is 7.91. The van der Waals surface area contributed by atoms with Crippen molar-refractivity contribution in [3.63, 3.8) is 0 Å². The molecule has 0 aromatic heterocycles. The number of likely N-dealkylation sites (N-methyl/N-ethyl adjacent to an activating group) is 1. The van der Waals surface area contributed by atoms with Gasteiger partial charge in [0.1, 0.15) is 12.4 Å². The van der Waals surface area contributed by atoms with Crippen molar-refractivity contribution in [2.24, 2.45) is 0 Å². The summed E-state index contributed by atoms with van der Waals surface area (Å²) in [5.41, 5.74) is 0.467. The van der Waals surface area contributed by atoms with Crippen LogP contribution >= 0.6 is 0 Å². The Labute approximate surface area is 201 Å². The molecule has 0 saturated carbocycles. The summed E-state index contributed by atoms with van der Waals surface area (Å²) in [6.07, 6.45) is 6.14. The summed E-state index contributed by atoms with van der Waals surface area (Å²) in [5, 5.41) is 18.3. The highest BCUT2D eigenvalue weighted by Gasteiger charge is 2.15. The van der Waals surface area contributed by atoms with E-state index in [0.717, 1.165) is 37.4 Å². The van der Waals surface area contributed by atoms with E-state index >= 15 is 0 Å². The van der Waals surface area contributed by atoms with Crippen LogP contribution in [-0.4, -0.2) is 56.5 Å². The van der Waals surface area contributed by atoms with Crippen molar-refractivity contribution in [1.82, 2.24) is 0 Å². The molecule has 0 radical (unpaired) electrons. The summed E-state index contributed by atoms with van der Waals surface area (Å²) in [7, 11) is -1.49. The number of nitrogens with zero attached hydrogens (tertiary/aromatic N) is 1. The fraction of sp³-hybridized carbons (Fsp3) is 0.440. The molecule has 8 nitrogen and oxygen atoms in total. The molecule has 0 bridgehead atoms. The van der Waals surface area contributed by atoms with E-state index in [-0.39, 0.29) is 29.2 Å². The maximum atomic E-state index is 12.6. The quantitative estimate of drug-likeness (QED) is 0.343. The number of anilines is 1. The van der Waals surface area contributed by atoms with Crippen molar-refractivity contribution in [2.75, 3.05) is 30.9 Å². The number of sulfone groups is 1. The molecule has 0 unspecified atom stereocenters. The lowest BCUT2D eigenvalue weighted by Crippen LogP contribution is -2.24. The predicted octanol–water partition coefficient (Wildman–Crippen LogP) is 4.73. The second-order valence-corrected chi connectivity index (χ2v) is 10.3. The highest BCUT2D eigenvalue weighted by atomic mass is 32.2. The van der Waals surface area contributed by atoms with Gasteiger partial charge in [0.05, 0.1) is 28.3 Å². The topological polar surface area (TPSA) is 121 Å². The molecule has 0 spiro atoms. The molecule has 0 aliphatic rings. The molecule has 186 valence electrons. The van der Waals surface area contributed by atoms with E-state index in [2.05, 4.69) is 6.92 Å². The molecule has 0 aliphatic carbocycles. The number of carbonyl (C=O) groups is 2. The first kappa shape index (κ1) is 27.2. The minimum absolute atomic E-state index is 0.149. The van der Waals surface area contributed by atoms with Crippen molar-refractivity contribution in [3.05, 3.63) is 53.6 Å². The Bertz CT molecular complexity index is 1030. The third kappa shape index (κ3) is 8.37. The third-order valence-electron chi connectivity index (χ3n) is 5.50. The van der Waals surface area contributed by atoms with Crippen LogP contribution in [-0.2, 0) is 9.84 Å². The highest BCUT2D eigenvalue weighted by Crippen LogP contribution is 2.21. The van der Waals surface area contributed by atoms with Gasteiger partial charge in [0.25, 0.3) is 0 Å². The number of aromatic carboxylic acids is 2. The Morgan fingerprint density at radius 3 is 2.00 bits per heavy atom. The lowest BCUT2D eigenvalue weighted by Gasteiger charge is -2.20. The SMILES string of the molecule is CCCCCCCCS(=O)(=O)c1ccc(N(C)CCOc2cc(C(=O)O)cc(C(=O)O)c2)cc1. The molecule has 0 saturated heterocycles. The molecule has 0 heterocycles. The number of carboxylic acid groups (broad SMARTS) is 2. The molecule has 0 fully saturated rings. The van der Waals surface area contributed by atoms with Crippen molar-refractivity contribution in [2.45, 2.75) is 50.3 Å². The third-order valence-corrected chi connectivity index (χ3v) is 7.32. The maximum absolute atomic E-state index is 12.6. The van der Waals surface area contributed by atoms with Gasteiger partial charge < -0.3 is 19.8 Å². The molecule has 2 aromatic rings. The van der Waals surface area contributed by atoms with Crippen LogP contribution in [0, 0.1) is 0 Å². The van der Waals surface area contributed by atoms with Crippen LogP contribution in [0.4, 0.5) is 5.69 Å². The molecule has 0 amide bonds. The Balaban J connectivity index is 1.90. The van der Waals surface area contributed by atoms with Crippen LogP contribution in [0.2, 0.25) is 0 Å². The van der Waals surface area contributed by atoms with Crippen molar-refractivity contribution in [3.8, 4) is 5.75 Å². The molecule has 2 aromatic carbocycles. The predicted molar refractivity (Wildman–Crippen MR) is 131 cm³/mol. The van der Waals surface area contributed by atoms with Crippen LogP contribution in [0.5, 0.6) is 5.75 Å². The zero-order valence-electron chi connectivity index (χ0n) is 19.7. The van der Waals surface area contributed by atoms with E-state index in [9.17, 15) is 18.0 Å². The van der Waals surface area contributed by atoms with Gasteiger partial charge in [-0.05, 0) is 48.9 Å². The summed E-state index contributed by atoms with van der Waals surface area (Å²) in [5.74, 6) is -2.18. The van der Waals surface area contributed by atoms with Gasteiger partial charge >= 0.3 is 11.9 Å². The first-order valence-corrected chi connectivity index (χ1v) is 13.1. The van der Waals surface area contributed by atoms with Crippen molar-refractivity contribution < 1.29 is 33.0 Å². The molecule has 2 N–H and O–H groups in total. The van der Waals surface area contributed by atoms with Gasteiger partial charge in [-0.2, -0.15) is 0 Å². The molecule has 0 atom stereocenters. The van der Waals surface area contributed by atoms with Crippen LogP contribution in [0.1, 0.15) is 66.2 Å². The van der Waals surface area contributed by atoms with E-state index in [4.69, 9.17) is 14.9 Å². The summed E-state index contributed by atoms with van der Waals surface area (Å²) < 4.78 is 30.7. The molecular formula is C25H33NO7S.